The number of aromatic amines is 1. The van der Waals surface area contributed by atoms with Gasteiger partial charge in [0.2, 0.25) is 0 Å². The molecule has 0 unspecified atom stereocenters. The number of aliphatic carboxylic acids is 2. The number of aromatic nitrogens is 1. The number of para-hydroxylation sites is 1. The molecule has 4 rings (SSSR count). The van der Waals surface area contributed by atoms with Crippen LogP contribution in [0.3, 0.4) is 0 Å². The molecule has 0 radical (unpaired) electrons. The first-order valence-corrected chi connectivity index (χ1v) is 15.8. The van der Waals surface area contributed by atoms with Crippen molar-refractivity contribution in [1.82, 2.24) is 10.3 Å². The molecule has 238 valence electrons. The largest absolute Gasteiger partial charge is 0.481 e. The molecule has 4 aromatic rings. The van der Waals surface area contributed by atoms with E-state index in [2.05, 4.69) is 110 Å². The van der Waals surface area contributed by atoms with Crippen LogP contribution >= 0.6 is 11.8 Å². The fourth-order valence-electron chi connectivity index (χ4n) is 3.61. The minimum absolute atomic E-state index is 0.190. The van der Waals surface area contributed by atoms with Crippen LogP contribution < -0.4 is 5.32 Å². The van der Waals surface area contributed by atoms with Crippen molar-refractivity contribution in [1.29, 1.82) is 0 Å². The lowest BCUT2D eigenvalue weighted by atomic mass is 9.87. The molecule has 0 fully saturated rings. The van der Waals surface area contributed by atoms with Crippen LogP contribution in [0, 0.1) is 10.8 Å². The van der Waals surface area contributed by atoms with E-state index in [1.807, 2.05) is 11.8 Å². The van der Waals surface area contributed by atoms with Crippen molar-refractivity contribution in [2.45, 2.75) is 90.5 Å². The normalized spacial score (nSPS) is 11.7. The highest BCUT2D eigenvalue weighted by atomic mass is 32.2. The number of carboxylic acid groups (broad SMARTS) is 2. The summed E-state index contributed by atoms with van der Waals surface area (Å²) in [6.07, 6.45) is 0.998. The van der Waals surface area contributed by atoms with E-state index in [0.717, 1.165) is 19.5 Å². The van der Waals surface area contributed by atoms with Crippen molar-refractivity contribution in [3.8, 4) is 0 Å². The summed E-state index contributed by atoms with van der Waals surface area (Å²) in [5.41, 5.74) is 4.24. The van der Waals surface area contributed by atoms with Crippen LogP contribution in [0.15, 0.2) is 88.7 Å². The van der Waals surface area contributed by atoms with Crippen molar-refractivity contribution in [2.24, 2.45) is 10.8 Å². The van der Waals surface area contributed by atoms with E-state index in [9.17, 15) is 9.59 Å². The van der Waals surface area contributed by atoms with Crippen molar-refractivity contribution < 1.29 is 19.8 Å². The molecule has 1 aromatic heterocycles. The lowest BCUT2D eigenvalue weighted by Gasteiger charge is -2.19. The molecular formula is C37H50N2O4S. The number of hydrogen-bond acceptors (Lipinski definition) is 4. The summed E-state index contributed by atoms with van der Waals surface area (Å²) in [5.74, 6) is -1.51. The van der Waals surface area contributed by atoms with Crippen LogP contribution in [-0.4, -0.2) is 33.7 Å². The summed E-state index contributed by atoms with van der Waals surface area (Å²) in [4.78, 5) is 26.2. The molecule has 0 saturated heterocycles. The second-order valence-electron chi connectivity index (χ2n) is 13.9. The molecule has 6 nitrogen and oxygen atoms in total. The van der Waals surface area contributed by atoms with Gasteiger partial charge in [0, 0.05) is 34.1 Å². The molecule has 0 aliphatic rings. The van der Waals surface area contributed by atoms with E-state index >= 15 is 0 Å². The van der Waals surface area contributed by atoms with Crippen molar-refractivity contribution >= 4 is 34.6 Å². The van der Waals surface area contributed by atoms with Gasteiger partial charge in [-0.25, -0.2) is 0 Å². The molecule has 0 bridgehead atoms. The third-order valence-electron chi connectivity index (χ3n) is 6.68. The Morgan fingerprint density at radius 3 is 1.80 bits per heavy atom. The number of fused-ring (bicyclic) bond motifs is 1. The first-order chi connectivity index (χ1) is 20.4. The van der Waals surface area contributed by atoms with E-state index in [1.54, 1.807) is 41.5 Å². The summed E-state index contributed by atoms with van der Waals surface area (Å²) in [5, 5.41) is 21.4. The molecule has 7 heteroatoms. The van der Waals surface area contributed by atoms with Gasteiger partial charge in [-0.15, -0.1) is 0 Å². The second kappa shape index (κ2) is 16.0. The lowest BCUT2D eigenvalue weighted by molar-refractivity contribution is -0.146. The Labute approximate surface area is 267 Å². The van der Waals surface area contributed by atoms with Gasteiger partial charge >= 0.3 is 11.9 Å². The van der Waals surface area contributed by atoms with Crippen LogP contribution in [0.25, 0.3) is 10.9 Å². The molecule has 0 aliphatic carbocycles. The Bertz CT molecular complexity index is 1430. The van der Waals surface area contributed by atoms with Gasteiger partial charge < -0.3 is 20.5 Å². The van der Waals surface area contributed by atoms with Gasteiger partial charge in [0.25, 0.3) is 0 Å². The van der Waals surface area contributed by atoms with E-state index in [4.69, 9.17) is 10.2 Å². The zero-order valence-corrected chi connectivity index (χ0v) is 28.6. The van der Waals surface area contributed by atoms with E-state index in [0.29, 0.717) is 0 Å². The number of carbonyl (C=O) groups is 2. The van der Waals surface area contributed by atoms with E-state index < -0.39 is 22.8 Å². The van der Waals surface area contributed by atoms with Gasteiger partial charge in [-0.3, -0.25) is 9.59 Å². The van der Waals surface area contributed by atoms with Gasteiger partial charge in [-0.1, -0.05) is 81.1 Å². The fraction of sp³-hybridized carbons (Fsp3) is 0.405. The van der Waals surface area contributed by atoms with Crippen LogP contribution in [-0.2, 0) is 28.0 Å². The average molecular weight is 619 g/mol. The Morgan fingerprint density at radius 1 is 0.750 bits per heavy atom. The topological polar surface area (TPSA) is 102 Å². The summed E-state index contributed by atoms with van der Waals surface area (Å²) in [6, 6.07) is 28.4. The van der Waals surface area contributed by atoms with Crippen molar-refractivity contribution in [3.63, 3.8) is 0 Å². The molecule has 0 atom stereocenters. The number of carboxylic acids is 2. The van der Waals surface area contributed by atoms with Crippen molar-refractivity contribution in [2.75, 3.05) is 6.54 Å². The zero-order chi connectivity index (χ0) is 33.1. The molecule has 0 amide bonds. The number of benzene rings is 3. The summed E-state index contributed by atoms with van der Waals surface area (Å²) >= 11 is 1.84. The third-order valence-corrected chi connectivity index (χ3v) is 7.80. The molecule has 0 spiro atoms. The van der Waals surface area contributed by atoms with Gasteiger partial charge in [0.05, 0.1) is 10.8 Å². The Hall–Kier alpha value is -3.55. The lowest BCUT2D eigenvalue weighted by Crippen LogP contribution is -2.18. The van der Waals surface area contributed by atoms with Gasteiger partial charge in [-0.05, 0) is 100 Å². The first kappa shape index (κ1) is 36.6. The maximum atomic E-state index is 10.0. The second-order valence-corrected chi connectivity index (χ2v) is 15.0. The molecule has 0 saturated carbocycles. The van der Waals surface area contributed by atoms with Crippen LogP contribution in [0.2, 0.25) is 0 Å². The SMILES string of the molecule is CC(C)(C)C(=O)O.CC(C)(C)C(=O)O.CC(C)(C)c1ccc(Sc2ccccc2CNCCc2cc3ccccc3[nH]2)cc1. The van der Waals surface area contributed by atoms with Gasteiger partial charge in [-0.2, -0.15) is 0 Å². The van der Waals surface area contributed by atoms with Crippen molar-refractivity contribution in [3.05, 3.63) is 95.7 Å². The Balaban J connectivity index is 0.000000402. The number of H-pyrrole nitrogens is 1. The minimum atomic E-state index is -0.757. The van der Waals surface area contributed by atoms with Crippen LogP contribution in [0.1, 0.15) is 79.1 Å². The maximum absolute atomic E-state index is 10.0. The predicted molar refractivity (Wildman–Crippen MR) is 184 cm³/mol. The summed E-state index contributed by atoms with van der Waals surface area (Å²) in [6.45, 7) is 18.6. The molecule has 1 heterocycles. The monoisotopic (exact) mass is 618 g/mol. The molecular weight excluding hydrogens is 568 g/mol. The van der Waals surface area contributed by atoms with Crippen LogP contribution in [0.4, 0.5) is 0 Å². The standard InChI is InChI=1S/C27H30N2S.2C5H10O2/c1-27(2,3)22-12-14-24(15-13-22)30-26-11-7-5-9-21(26)19-28-17-16-23-18-20-8-4-6-10-25(20)29-23;2*1-5(2,3)4(6)7/h4-15,18,28-29H,16-17,19H2,1-3H3;2*1-3H3,(H,6,7). The Kier molecular flexibility index (Phi) is 13.3. The molecule has 0 aliphatic heterocycles. The number of hydrogen-bond donors (Lipinski definition) is 4. The summed E-state index contributed by atoms with van der Waals surface area (Å²) in [7, 11) is 0. The Morgan fingerprint density at radius 2 is 1.27 bits per heavy atom. The highest BCUT2D eigenvalue weighted by molar-refractivity contribution is 7.99. The average Bonchev–Trinajstić information content (AvgIpc) is 3.34. The first-order valence-electron chi connectivity index (χ1n) is 15.0. The smallest absolute Gasteiger partial charge is 0.308 e. The summed E-state index contributed by atoms with van der Waals surface area (Å²) < 4.78 is 0. The van der Waals surface area contributed by atoms with Gasteiger partial charge in [0.15, 0.2) is 0 Å². The highest BCUT2D eigenvalue weighted by Gasteiger charge is 2.19. The third kappa shape index (κ3) is 12.6. The number of rotatable bonds is 7. The quantitative estimate of drug-likeness (QED) is 0.154. The fourth-order valence-corrected chi connectivity index (χ4v) is 4.56. The van der Waals surface area contributed by atoms with E-state index in [1.165, 1.54) is 37.5 Å². The minimum Gasteiger partial charge on any atom is -0.481 e. The highest BCUT2D eigenvalue weighted by Crippen LogP contribution is 2.32. The van der Waals surface area contributed by atoms with Gasteiger partial charge in [0.1, 0.15) is 0 Å². The molecule has 44 heavy (non-hydrogen) atoms. The molecule has 3 aromatic carbocycles. The van der Waals surface area contributed by atoms with E-state index in [-0.39, 0.29) is 5.41 Å². The number of nitrogens with one attached hydrogen (secondary N) is 2. The zero-order valence-electron chi connectivity index (χ0n) is 27.7. The van der Waals surface area contributed by atoms with Crippen LogP contribution in [0.5, 0.6) is 0 Å². The molecule has 4 N–H and O–H groups in total. The maximum Gasteiger partial charge on any atom is 0.308 e. The predicted octanol–water partition coefficient (Wildman–Crippen LogP) is 9.18.